The third kappa shape index (κ3) is 2.26. The molecule has 1 unspecified atom stereocenters. The second-order valence-electron chi connectivity index (χ2n) is 4.64. The summed E-state index contributed by atoms with van der Waals surface area (Å²) in [4.78, 5) is 1.30. The van der Waals surface area contributed by atoms with Crippen molar-refractivity contribution in [2.75, 3.05) is 19.8 Å². The smallest absolute Gasteiger partial charge is 0.0364 e. The molecule has 1 aliphatic carbocycles. The van der Waals surface area contributed by atoms with Gasteiger partial charge in [0.25, 0.3) is 0 Å². The quantitative estimate of drug-likeness (QED) is 0.771. The van der Waals surface area contributed by atoms with E-state index < -0.39 is 0 Å². The Morgan fingerprint density at radius 3 is 2.44 bits per heavy atom. The summed E-state index contributed by atoms with van der Waals surface area (Å²) >= 11 is 1.77. The lowest BCUT2D eigenvalue weighted by Crippen LogP contribution is -2.31. The molecule has 0 spiro atoms. The predicted octanol–water partition coefficient (Wildman–Crippen LogP) is 2.41. The first kappa shape index (κ1) is 12.0. The summed E-state index contributed by atoms with van der Waals surface area (Å²) in [5.74, 6) is 0. The first-order valence-electron chi connectivity index (χ1n) is 5.76. The van der Waals surface area contributed by atoms with Gasteiger partial charge in [-0.3, -0.25) is 0 Å². The van der Waals surface area contributed by atoms with E-state index in [1.165, 1.54) is 23.3 Å². The average Bonchev–Trinajstić information content (AvgIpc) is 3.10. The van der Waals surface area contributed by atoms with E-state index in [2.05, 4.69) is 35.8 Å². The zero-order chi connectivity index (χ0) is 11.6. The summed E-state index contributed by atoms with van der Waals surface area (Å²) in [6, 6.07) is 8.85. The van der Waals surface area contributed by atoms with Gasteiger partial charge in [0.1, 0.15) is 0 Å². The molecular formula is C13H20N2S. The Hall–Kier alpha value is -0.510. The van der Waals surface area contributed by atoms with E-state index in [1.807, 2.05) is 7.05 Å². The first-order chi connectivity index (χ1) is 7.72. The molecule has 2 rings (SSSR count). The zero-order valence-corrected chi connectivity index (χ0v) is 10.8. The fourth-order valence-electron chi connectivity index (χ4n) is 2.28. The van der Waals surface area contributed by atoms with Gasteiger partial charge in [-0.2, -0.15) is 0 Å². The molecule has 0 amide bonds. The van der Waals surface area contributed by atoms with E-state index in [1.54, 1.807) is 11.8 Å². The molecule has 1 aromatic carbocycles. The molecule has 1 aliphatic rings. The molecule has 0 saturated heterocycles. The number of thioether (sulfide) groups is 1. The van der Waals surface area contributed by atoms with Crippen molar-refractivity contribution in [3.05, 3.63) is 29.8 Å². The molecule has 88 valence electrons. The SMILES string of the molecule is CNCC1(C(N)c2ccc(SC)cc2)CC1. The van der Waals surface area contributed by atoms with Crippen molar-refractivity contribution in [3.8, 4) is 0 Å². The number of benzene rings is 1. The highest BCUT2D eigenvalue weighted by Gasteiger charge is 2.47. The summed E-state index contributed by atoms with van der Waals surface area (Å²) in [6.45, 7) is 1.03. The van der Waals surface area contributed by atoms with Crippen LogP contribution in [0, 0.1) is 5.41 Å². The van der Waals surface area contributed by atoms with Crippen LogP contribution in [0.1, 0.15) is 24.4 Å². The zero-order valence-electron chi connectivity index (χ0n) is 9.99. The first-order valence-corrected chi connectivity index (χ1v) is 6.98. The Kier molecular flexibility index (Phi) is 3.57. The Morgan fingerprint density at radius 1 is 1.38 bits per heavy atom. The monoisotopic (exact) mass is 236 g/mol. The van der Waals surface area contributed by atoms with Gasteiger partial charge >= 0.3 is 0 Å². The van der Waals surface area contributed by atoms with Crippen LogP contribution in [0.2, 0.25) is 0 Å². The van der Waals surface area contributed by atoms with E-state index in [9.17, 15) is 0 Å². The maximum Gasteiger partial charge on any atom is 0.0364 e. The Morgan fingerprint density at radius 2 is 2.00 bits per heavy atom. The van der Waals surface area contributed by atoms with Crippen LogP contribution in [-0.4, -0.2) is 19.8 Å². The third-order valence-electron chi connectivity index (χ3n) is 3.56. The minimum atomic E-state index is 0.177. The van der Waals surface area contributed by atoms with Gasteiger partial charge in [-0.05, 0) is 43.8 Å². The highest BCUT2D eigenvalue weighted by molar-refractivity contribution is 7.98. The van der Waals surface area contributed by atoms with Gasteiger partial charge in [-0.25, -0.2) is 0 Å². The maximum atomic E-state index is 6.37. The van der Waals surface area contributed by atoms with Crippen molar-refractivity contribution < 1.29 is 0 Å². The number of nitrogens with two attached hydrogens (primary N) is 1. The summed E-state index contributed by atoms with van der Waals surface area (Å²) < 4.78 is 0. The second-order valence-corrected chi connectivity index (χ2v) is 5.52. The van der Waals surface area contributed by atoms with Crippen LogP contribution < -0.4 is 11.1 Å². The molecule has 3 heteroatoms. The molecule has 1 fully saturated rings. The number of nitrogens with one attached hydrogen (secondary N) is 1. The lowest BCUT2D eigenvalue weighted by atomic mass is 9.91. The van der Waals surface area contributed by atoms with Crippen molar-refractivity contribution >= 4 is 11.8 Å². The van der Waals surface area contributed by atoms with Gasteiger partial charge in [0.15, 0.2) is 0 Å². The van der Waals surface area contributed by atoms with Crippen LogP contribution >= 0.6 is 11.8 Å². The number of hydrogen-bond donors (Lipinski definition) is 2. The molecule has 0 heterocycles. The summed E-state index contributed by atoms with van der Waals surface area (Å²) in [7, 11) is 2.00. The average molecular weight is 236 g/mol. The van der Waals surface area contributed by atoms with Crippen molar-refractivity contribution in [2.45, 2.75) is 23.8 Å². The van der Waals surface area contributed by atoms with Crippen LogP contribution in [-0.2, 0) is 0 Å². The van der Waals surface area contributed by atoms with Crippen LogP contribution in [0.3, 0.4) is 0 Å². The van der Waals surface area contributed by atoms with Crippen LogP contribution in [0.5, 0.6) is 0 Å². The maximum absolute atomic E-state index is 6.37. The fourth-order valence-corrected chi connectivity index (χ4v) is 2.68. The number of rotatable bonds is 5. The highest BCUT2D eigenvalue weighted by atomic mass is 32.2. The summed E-state index contributed by atoms with van der Waals surface area (Å²) in [6.07, 6.45) is 4.59. The lowest BCUT2D eigenvalue weighted by Gasteiger charge is -2.23. The molecular weight excluding hydrogens is 216 g/mol. The predicted molar refractivity (Wildman–Crippen MR) is 70.7 cm³/mol. The molecule has 3 N–H and O–H groups in total. The van der Waals surface area contributed by atoms with E-state index in [-0.39, 0.29) is 6.04 Å². The van der Waals surface area contributed by atoms with Gasteiger partial charge in [0, 0.05) is 22.9 Å². The van der Waals surface area contributed by atoms with E-state index in [4.69, 9.17) is 5.73 Å². The summed E-state index contributed by atoms with van der Waals surface area (Å²) in [5, 5.41) is 3.26. The van der Waals surface area contributed by atoms with E-state index in [0.717, 1.165) is 6.54 Å². The van der Waals surface area contributed by atoms with Crippen LogP contribution in [0.4, 0.5) is 0 Å². The second kappa shape index (κ2) is 4.78. The molecule has 16 heavy (non-hydrogen) atoms. The van der Waals surface area contributed by atoms with Gasteiger partial charge in [-0.15, -0.1) is 11.8 Å². The third-order valence-corrected chi connectivity index (χ3v) is 4.30. The van der Waals surface area contributed by atoms with Crippen LogP contribution in [0.15, 0.2) is 29.2 Å². The van der Waals surface area contributed by atoms with Gasteiger partial charge in [0.05, 0.1) is 0 Å². The molecule has 1 saturated carbocycles. The topological polar surface area (TPSA) is 38.0 Å². The molecule has 0 bridgehead atoms. The normalized spacial score (nSPS) is 19.4. The largest absolute Gasteiger partial charge is 0.323 e. The molecule has 0 radical (unpaired) electrons. The van der Waals surface area contributed by atoms with Gasteiger partial charge in [0.2, 0.25) is 0 Å². The van der Waals surface area contributed by atoms with Crippen molar-refractivity contribution in [1.29, 1.82) is 0 Å². The Bertz CT molecular complexity index is 343. The standard InChI is InChI=1S/C13H20N2S/c1-15-9-13(7-8-13)12(14)10-3-5-11(16-2)6-4-10/h3-6,12,15H,7-9,14H2,1-2H3. The summed E-state index contributed by atoms with van der Waals surface area (Å²) in [5.41, 5.74) is 7.95. The highest BCUT2D eigenvalue weighted by Crippen LogP contribution is 2.53. The van der Waals surface area contributed by atoms with Gasteiger partial charge in [-0.1, -0.05) is 12.1 Å². The Labute approximate surface area is 102 Å². The van der Waals surface area contributed by atoms with Crippen molar-refractivity contribution in [2.24, 2.45) is 11.1 Å². The van der Waals surface area contributed by atoms with Crippen molar-refractivity contribution in [3.63, 3.8) is 0 Å². The molecule has 1 aromatic rings. The van der Waals surface area contributed by atoms with E-state index in [0.29, 0.717) is 5.41 Å². The molecule has 2 nitrogen and oxygen atoms in total. The minimum Gasteiger partial charge on any atom is -0.323 e. The molecule has 1 atom stereocenters. The van der Waals surface area contributed by atoms with Crippen LogP contribution in [0.25, 0.3) is 0 Å². The van der Waals surface area contributed by atoms with Gasteiger partial charge < -0.3 is 11.1 Å². The molecule has 0 aliphatic heterocycles. The van der Waals surface area contributed by atoms with Crippen molar-refractivity contribution in [1.82, 2.24) is 5.32 Å². The lowest BCUT2D eigenvalue weighted by molar-refractivity contribution is 0.392. The minimum absolute atomic E-state index is 0.177. The van der Waals surface area contributed by atoms with E-state index >= 15 is 0 Å². The molecule has 0 aromatic heterocycles. The fraction of sp³-hybridized carbons (Fsp3) is 0.538. The number of hydrogen-bond acceptors (Lipinski definition) is 3. The Balaban J connectivity index is 2.11.